The first-order valence-electron chi connectivity index (χ1n) is 8.93. The van der Waals surface area contributed by atoms with Gasteiger partial charge in [0.2, 0.25) is 11.8 Å². The van der Waals surface area contributed by atoms with E-state index < -0.39 is 0 Å². The van der Waals surface area contributed by atoms with Crippen LogP contribution < -0.4 is 4.90 Å². The third-order valence-corrected chi connectivity index (χ3v) is 8.36. The lowest BCUT2D eigenvalue weighted by molar-refractivity contribution is -0.122. The number of hydrogen-bond acceptors (Lipinski definition) is 3. The average Bonchev–Trinajstić information content (AvgIpc) is 2.92. The van der Waals surface area contributed by atoms with E-state index in [1.54, 1.807) is 36.4 Å². The van der Waals surface area contributed by atoms with Gasteiger partial charge in [-0.1, -0.05) is 73.8 Å². The molecule has 0 aromatic heterocycles. The van der Waals surface area contributed by atoms with E-state index in [1.807, 2.05) is 6.07 Å². The van der Waals surface area contributed by atoms with Gasteiger partial charge in [0.1, 0.15) is 0 Å². The second kappa shape index (κ2) is 7.73. The van der Waals surface area contributed by atoms with Gasteiger partial charge in [-0.05, 0) is 31.0 Å². The van der Waals surface area contributed by atoms with Crippen molar-refractivity contribution in [3.8, 4) is 0 Å². The second-order valence-electron chi connectivity index (χ2n) is 7.08. The molecule has 4 rings (SSSR count). The molecule has 1 heterocycles. The Kier molecular flexibility index (Phi) is 5.47. The van der Waals surface area contributed by atoms with E-state index in [9.17, 15) is 14.4 Å². The first kappa shape index (κ1) is 19.8. The predicted octanol–water partition coefficient (Wildman–Crippen LogP) is 5.00. The van der Waals surface area contributed by atoms with Gasteiger partial charge in [0.25, 0.3) is 0 Å². The smallest absolute Gasteiger partial charge is 0.237 e. The molecule has 2 amide bonds. The molecule has 1 aliphatic heterocycles. The summed E-state index contributed by atoms with van der Waals surface area (Å²) in [6, 6.07) is 13.5. The van der Waals surface area contributed by atoms with Crippen molar-refractivity contribution in [2.75, 3.05) is 4.90 Å². The number of carbonyl (C=O) groups is 3. The van der Waals surface area contributed by atoms with Gasteiger partial charge in [-0.25, -0.2) is 4.90 Å². The van der Waals surface area contributed by atoms with Crippen molar-refractivity contribution in [3.63, 3.8) is 0 Å². The molecule has 1 saturated heterocycles. The highest BCUT2D eigenvalue weighted by atomic mass is 79.9. The SMILES string of the molecule is O=C(c1ccccc1)c1cc(Cl)ccc1N1C(=O)[C@H]2C[C@@H](Br)[C@@H](Br)C[C@@H]2C1=O. The molecule has 0 N–H and O–H groups in total. The summed E-state index contributed by atoms with van der Waals surface area (Å²) in [7, 11) is 0. The van der Waals surface area contributed by atoms with Crippen LogP contribution in [0.15, 0.2) is 48.5 Å². The first-order valence-corrected chi connectivity index (χ1v) is 11.1. The largest absolute Gasteiger partial charge is 0.289 e. The molecule has 0 radical (unpaired) electrons. The fourth-order valence-corrected chi connectivity index (χ4v) is 5.37. The number of benzene rings is 2. The number of fused-ring (bicyclic) bond motifs is 1. The lowest BCUT2D eigenvalue weighted by atomic mass is 9.81. The predicted molar refractivity (Wildman–Crippen MR) is 115 cm³/mol. The topological polar surface area (TPSA) is 54.5 Å². The zero-order chi connectivity index (χ0) is 20.0. The van der Waals surface area contributed by atoms with Crippen molar-refractivity contribution in [3.05, 3.63) is 64.7 Å². The molecule has 4 nitrogen and oxygen atoms in total. The highest BCUT2D eigenvalue weighted by Crippen LogP contribution is 2.45. The van der Waals surface area contributed by atoms with Crippen molar-refractivity contribution < 1.29 is 14.4 Å². The molecule has 28 heavy (non-hydrogen) atoms. The summed E-state index contributed by atoms with van der Waals surface area (Å²) >= 11 is 13.3. The van der Waals surface area contributed by atoms with Gasteiger partial charge >= 0.3 is 0 Å². The zero-order valence-corrected chi connectivity index (χ0v) is 18.6. The maximum Gasteiger partial charge on any atom is 0.237 e. The molecule has 4 atom stereocenters. The number of halogens is 3. The molecule has 7 heteroatoms. The quantitative estimate of drug-likeness (QED) is 0.322. The molecule has 2 aromatic carbocycles. The molecular weight excluding hydrogens is 509 g/mol. The molecular formula is C21H16Br2ClNO3. The van der Waals surface area contributed by atoms with Crippen LogP contribution in [0.5, 0.6) is 0 Å². The number of amides is 2. The summed E-state index contributed by atoms with van der Waals surface area (Å²) in [4.78, 5) is 40.8. The van der Waals surface area contributed by atoms with Crippen LogP contribution >= 0.6 is 43.5 Å². The summed E-state index contributed by atoms with van der Waals surface area (Å²) in [5.41, 5.74) is 1.04. The zero-order valence-electron chi connectivity index (χ0n) is 14.6. The Morgan fingerprint density at radius 2 is 1.50 bits per heavy atom. The van der Waals surface area contributed by atoms with E-state index in [0.29, 0.717) is 29.1 Å². The number of ketones is 1. The van der Waals surface area contributed by atoms with Crippen molar-refractivity contribution in [2.45, 2.75) is 22.5 Å². The van der Waals surface area contributed by atoms with Gasteiger partial charge in [-0.15, -0.1) is 0 Å². The maximum atomic E-state index is 13.1. The normalized spacial score (nSPS) is 27.0. The van der Waals surface area contributed by atoms with Crippen molar-refractivity contribution >= 4 is 66.7 Å². The molecule has 144 valence electrons. The number of hydrogen-bond donors (Lipinski definition) is 0. The molecule has 0 spiro atoms. The minimum Gasteiger partial charge on any atom is -0.289 e. The van der Waals surface area contributed by atoms with E-state index >= 15 is 0 Å². The third kappa shape index (κ3) is 3.36. The Hall–Kier alpha value is -1.50. The van der Waals surface area contributed by atoms with E-state index in [0.717, 1.165) is 0 Å². The van der Waals surface area contributed by atoms with Crippen LogP contribution in [0.3, 0.4) is 0 Å². The van der Waals surface area contributed by atoms with Crippen LogP contribution in [0.2, 0.25) is 5.02 Å². The number of imide groups is 1. The summed E-state index contributed by atoms with van der Waals surface area (Å²) < 4.78 is 0. The molecule has 2 fully saturated rings. The number of carbonyl (C=O) groups excluding carboxylic acids is 3. The average molecular weight is 526 g/mol. The lowest BCUT2D eigenvalue weighted by Gasteiger charge is -2.29. The van der Waals surface area contributed by atoms with Crippen LogP contribution in [0.4, 0.5) is 5.69 Å². The van der Waals surface area contributed by atoms with Crippen molar-refractivity contribution in [2.24, 2.45) is 11.8 Å². The summed E-state index contributed by atoms with van der Waals surface area (Å²) in [5, 5.41) is 0.376. The number of alkyl halides is 2. The van der Waals surface area contributed by atoms with Gasteiger partial charge in [0.15, 0.2) is 5.78 Å². The molecule has 0 bridgehead atoms. The fraction of sp³-hybridized carbons (Fsp3) is 0.286. The summed E-state index contributed by atoms with van der Waals surface area (Å²) in [6.45, 7) is 0. The Morgan fingerprint density at radius 3 is 2.07 bits per heavy atom. The highest BCUT2D eigenvalue weighted by molar-refractivity contribution is 9.12. The Morgan fingerprint density at radius 1 is 0.929 bits per heavy atom. The van der Waals surface area contributed by atoms with Crippen LogP contribution in [-0.4, -0.2) is 27.3 Å². The van der Waals surface area contributed by atoms with E-state index in [-0.39, 0.29) is 44.7 Å². The molecule has 2 aromatic rings. The standard InChI is InChI=1S/C21H16Br2ClNO3/c22-16-9-13-14(10-17(16)23)21(28)25(20(13)27)18-7-6-12(24)8-15(18)19(26)11-4-2-1-3-5-11/h1-8,13-14,16-17H,9-10H2/t13-,14-,16-,17+/m0/s1. The van der Waals surface area contributed by atoms with Crippen LogP contribution in [0.1, 0.15) is 28.8 Å². The van der Waals surface area contributed by atoms with Crippen molar-refractivity contribution in [1.29, 1.82) is 0 Å². The minimum absolute atomic E-state index is 0.126. The molecule has 2 aliphatic rings. The summed E-state index contributed by atoms with van der Waals surface area (Å²) in [6.07, 6.45) is 1.16. The minimum atomic E-state index is -0.374. The second-order valence-corrected chi connectivity index (χ2v) is 9.87. The van der Waals surface area contributed by atoms with E-state index in [2.05, 4.69) is 31.9 Å². The molecule has 1 aliphatic carbocycles. The van der Waals surface area contributed by atoms with E-state index in [4.69, 9.17) is 11.6 Å². The monoisotopic (exact) mass is 523 g/mol. The maximum absolute atomic E-state index is 13.1. The van der Waals surface area contributed by atoms with Crippen LogP contribution in [-0.2, 0) is 9.59 Å². The van der Waals surface area contributed by atoms with Gasteiger partial charge in [-0.2, -0.15) is 0 Å². The number of anilines is 1. The van der Waals surface area contributed by atoms with Gasteiger partial charge in [-0.3, -0.25) is 14.4 Å². The lowest BCUT2D eigenvalue weighted by Crippen LogP contribution is -2.34. The number of nitrogens with zero attached hydrogens (tertiary/aromatic N) is 1. The number of rotatable bonds is 3. The Bertz CT molecular complexity index is 937. The van der Waals surface area contributed by atoms with Gasteiger partial charge in [0, 0.05) is 25.8 Å². The van der Waals surface area contributed by atoms with Crippen molar-refractivity contribution in [1.82, 2.24) is 0 Å². The third-order valence-electron chi connectivity index (χ3n) is 5.39. The van der Waals surface area contributed by atoms with E-state index in [1.165, 1.54) is 11.0 Å². The van der Waals surface area contributed by atoms with Crippen LogP contribution in [0, 0.1) is 11.8 Å². The highest BCUT2D eigenvalue weighted by Gasteiger charge is 2.52. The molecule has 1 saturated carbocycles. The fourth-order valence-electron chi connectivity index (χ4n) is 3.96. The van der Waals surface area contributed by atoms with Gasteiger partial charge in [0.05, 0.1) is 17.5 Å². The van der Waals surface area contributed by atoms with Crippen LogP contribution in [0.25, 0.3) is 0 Å². The molecule has 0 unspecified atom stereocenters. The Balaban J connectivity index is 1.77. The first-order chi connectivity index (χ1) is 13.4. The summed E-state index contributed by atoms with van der Waals surface area (Å²) in [5.74, 6) is -1.51. The Labute approximate surface area is 184 Å². The van der Waals surface area contributed by atoms with Gasteiger partial charge < -0.3 is 0 Å².